The van der Waals surface area contributed by atoms with E-state index in [2.05, 4.69) is 49.4 Å². The maximum Gasteiger partial charge on any atom is -0.00365 e. The molecule has 0 aromatic heterocycles. The van der Waals surface area contributed by atoms with Crippen molar-refractivity contribution in [2.75, 3.05) is 13.1 Å². The maximum absolute atomic E-state index is 5.55. The number of benzene rings is 2. The van der Waals surface area contributed by atoms with Crippen molar-refractivity contribution in [1.29, 1.82) is 0 Å². The average Bonchev–Trinajstić information content (AvgIpc) is 2.56. The fraction of sp³-hybridized carbons (Fsp3) is 0.500. The number of nitrogens with two attached hydrogens (primary N) is 2. The van der Waals surface area contributed by atoms with E-state index in [1.807, 2.05) is 0 Å². The molecule has 122 valence electrons. The molecule has 0 saturated carbocycles. The molecular weight excluding hydrogens is 268 g/mol. The SMILES string of the molecule is CCCCCCCCN.NCCc1cccc2ccccc12. The molecule has 22 heavy (non-hydrogen) atoms. The Labute approximate surface area is 135 Å². The van der Waals surface area contributed by atoms with Gasteiger partial charge in [-0.15, -0.1) is 0 Å². The molecule has 2 nitrogen and oxygen atoms in total. The smallest absolute Gasteiger partial charge is 0.00365 e. The highest BCUT2D eigenvalue weighted by Gasteiger charge is 1.97. The molecule has 0 amide bonds. The summed E-state index contributed by atoms with van der Waals surface area (Å²) >= 11 is 0. The predicted octanol–water partition coefficient (Wildman–Crippen LogP) is 4.65. The Balaban J connectivity index is 0.000000239. The van der Waals surface area contributed by atoms with Gasteiger partial charge in [-0.3, -0.25) is 0 Å². The number of rotatable bonds is 8. The van der Waals surface area contributed by atoms with Crippen molar-refractivity contribution in [2.45, 2.75) is 51.9 Å². The molecule has 0 aliphatic heterocycles. The van der Waals surface area contributed by atoms with E-state index in [0.29, 0.717) is 6.54 Å². The van der Waals surface area contributed by atoms with E-state index in [0.717, 1.165) is 13.0 Å². The summed E-state index contributed by atoms with van der Waals surface area (Å²) in [6, 6.07) is 14.8. The fourth-order valence-corrected chi connectivity index (χ4v) is 2.59. The van der Waals surface area contributed by atoms with Crippen LogP contribution < -0.4 is 11.5 Å². The van der Waals surface area contributed by atoms with Crippen LogP contribution in [0.1, 0.15) is 51.0 Å². The fourth-order valence-electron chi connectivity index (χ4n) is 2.59. The van der Waals surface area contributed by atoms with Crippen LogP contribution in [-0.4, -0.2) is 13.1 Å². The first-order valence-electron chi connectivity index (χ1n) is 8.70. The lowest BCUT2D eigenvalue weighted by Crippen LogP contribution is -2.02. The van der Waals surface area contributed by atoms with Crippen LogP contribution in [0.4, 0.5) is 0 Å². The Morgan fingerprint density at radius 2 is 1.41 bits per heavy atom. The molecule has 0 unspecified atom stereocenters. The number of fused-ring (bicyclic) bond motifs is 1. The molecule has 2 rings (SSSR count). The summed E-state index contributed by atoms with van der Waals surface area (Å²) in [7, 11) is 0. The van der Waals surface area contributed by atoms with Crippen LogP contribution >= 0.6 is 0 Å². The maximum atomic E-state index is 5.55. The third-order valence-corrected chi connectivity index (χ3v) is 3.85. The molecule has 2 heteroatoms. The first kappa shape index (κ1) is 18.7. The highest BCUT2D eigenvalue weighted by atomic mass is 14.5. The van der Waals surface area contributed by atoms with Crippen molar-refractivity contribution in [2.24, 2.45) is 11.5 Å². The van der Waals surface area contributed by atoms with E-state index in [-0.39, 0.29) is 0 Å². The zero-order chi connectivity index (χ0) is 16.0. The lowest BCUT2D eigenvalue weighted by atomic mass is 10.0. The Hall–Kier alpha value is -1.38. The van der Waals surface area contributed by atoms with Gasteiger partial charge in [0.2, 0.25) is 0 Å². The second-order valence-corrected chi connectivity index (χ2v) is 5.73. The molecule has 0 aliphatic carbocycles. The summed E-state index contributed by atoms with van der Waals surface area (Å²) in [5, 5.41) is 2.63. The Morgan fingerprint density at radius 1 is 0.727 bits per heavy atom. The minimum Gasteiger partial charge on any atom is -0.330 e. The van der Waals surface area contributed by atoms with Crippen molar-refractivity contribution < 1.29 is 0 Å². The largest absolute Gasteiger partial charge is 0.330 e. The van der Waals surface area contributed by atoms with Crippen molar-refractivity contribution in [1.82, 2.24) is 0 Å². The lowest BCUT2D eigenvalue weighted by molar-refractivity contribution is 0.612. The highest BCUT2D eigenvalue weighted by molar-refractivity contribution is 5.85. The standard InChI is InChI=1S/C12H13N.C8H19N/c13-9-8-11-6-3-5-10-4-1-2-7-12(10)11;1-2-3-4-5-6-7-8-9/h1-7H,8-9,13H2;2-9H2,1H3. The van der Waals surface area contributed by atoms with E-state index in [1.54, 1.807) is 0 Å². The number of hydrogen-bond donors (Lipinski definition) is 2. The van der Waals surface area contributed by atoms with Gasteiger partial charge in [-0.1, -0.05) is 81.5 Å². The van der Waals surface area contributed by atoms with Gasteiger partial charge < -0.3 is 11.5 Å². The van der Waals surface area contributed by atoms with Gasteiger partial charge in [-0.05, 0) is 42.3 Å². The van der Waals surface area contributed by atoms with Gasteiger partial charge in [0.25, 0.3) is 0 Å². The van der Waals surface area contributed by atoms with Gasteiger partial charge in [-0.25, -0.2) is 0 Å². The topological polar surface area (TPSA) is 52.0 Å². The van der Waals surface area contributed by atoms with Crippen LogP contribution in [0.15, 0.2) is 42.5 Å². The van der Waals surface area contributed by atoms with Crippen LogP contribution in [-0.2, 0) is 6.42 Å². The molecule has 0 heterocycles. The normalized spacial score (nSPS) is 10.3. The first-order valence-corrected chi connectivity index (χ1v) is 8.70. The quantitative estimate of drug-likeness (QED) is 0.697. The Bertz CT molecular complexity index is 497. The summed E-state index contributed by atoms with van der Waals surface area (Å²) in [6.45, 7) is 3.82. The summed E-state index contributed by atoms with van der Waals surface area (Å²) in [5.74, 6) is 0. The van der Waals surface area contributed by atoms with Gasteiger partial charge in [-0.2, -0.15) is 0 Å². The molecule has 4 N–H and O–H groups in total. The van der Waals surface area contributed by atoms with Crippen LogP contribution in [0.25, 0.3) is 10.8 Å². The third kappa shape index (κ3) is 7.06. The molecule has 2 aromatic rings. The van der Waals surface area contributed by atoms with Crippen LogP contribution in [0, 0.1) is 0 Å². The van der Waals surface area contributed by atoms with Crippen LogP contribution in [0.5, 0.6) is 0 Å². The van der Waals surface area contributed by atoms with Gasteiger partial charge in [0.15, 0.2) is 0 Å². The monoisotopic (exact) mass is 300 g/mol. The van der Waals surface area contributed by atoms with Crippen LogP contribution in [0.3, 0.4) is 0 Å². The zero-order valence-corrected chi connectivity index (χ0v) is 14.1. The van der Waals surface area contributed by atoms with Gasteiger partial charge in [0, 0.05) is 0 Å². The van der Waals surface area contributed by atoms with E-state index >= 15 is 0 Å². The number of unbranched alkanes of at least 4 members (excludes halogenated alkanes) is 5. The van der Waals surface area contributed by atoms with E-state index in [1.165, 1.54) is 54.9 Å². The molecule has 0 spiro atoms. The van der Waals surface area contributed by atoms with E-state index in [9.17, 15) is 0 Å². The summed E-state index contributed by atoms with van der Waals surface area (Å²) < 4.78 is 0. The zero-order valence-electron chi connectivity index (χ0n) is 14.1. The average molecular weight is 300 g/mol. The second kappa shape index (κ2) is 12.2. The van der Waals surface area contributed by atoms with Crippen molar-refractivity contribution in [3.63, 3.8) is 0 Å². The summed E-state index contributed by atoms with van der Waals surface area (Å²) in [5.41, 5.74) is 12.2. The predicted molar refractivity (Wildman–Crippen MR) is 99.1 cm³/mol. The molecular formula is C20H32N2. The molecule has 0 atom stereocenters. The minimum absolute atomic E-state index is 0.716. The van der Waals surface area contributed by atoms with Crippen molar-refractivity contribution >= 4 is 10.8 Å². The summed E-state index contributed by atoms with van der Waals surface area (Å²) in [4.78, 5) is 0. The molecule has 0 bridgehead atoms. The number of hydrogen-bond acceptors (Lipinski definition) is 2. The highest BCUT2D eigenvalue weighted by Crippen LogP contribution is 2.18. The molecule has 0 saturated heterocycles. The Kier molecular flexibility index (Phi) is 10.3. The molecule has 2 aromatic carbocycles. The van der Waals surface area contributed by atoms with E-state index < -0.39 is 0 Å². The van der Waals surface area contributed by atoms with E-state index in [4.69, 9.17) is 11.5 Å². The first-order chi connectivity index (χ1) is 10.8. The minimum atomic E-state index is 0.716. The lowest BCUT2D eigenvalue weighted by Gasteiger charge is -2.03. The molecule has 0 aliphatic rings. The van der Waals surface area contributed by atoms with Crippen molar-refractivity contribution in [3.8, 4) is 0 Å². The van der Waals surface area contributed by atoms with Gasteiger partial charge in [0.1, 0.15) is 0 Å². The molecule has 0 radical (unpaired) electrons. The Morgan fingerprint density at radius 3 is 2.14 bits per heavy atom. The van der Waals surface area contributed by atoms with Crippen LogP contribution in [0.2, 0.25) is 0 Å². The molecule has 0 fully saturated rings. The third-order valence-electron chi connectivity index (χ3n) is 3.85. The van der Waals surface area contributed by atoms with Gasteiger partial charge in [0.05, 0.1) is 0 Å². The summed E-state index contributed by atoms with van der Waals surface area (Å²) in [6.07, 6.45) is 9.01. The van der Waals surface area contributed by atoms with Gasteiger partial charge >= 0.3 is 0 Å². The van der Waals surface area contributed by atoms with Crippen molar-refractivity contribution in [3.05, 3.63) is 48.0 Å². The second-order valence-electron chi connectivity index (χ2n) is 5.73.